The van der Waals surface area contributed by atoms with Crippen LogP contribution in [0.25, 0.3) is 0 Å². The predicted molar refractivity (Wildman–Crippen MR) is 90.3 cm³/mol. The van der Waals surface area contributed by atoms with Gasteiger partial charge in [0, 0.05) is 18.7 Å². The molecule has 1 amide bonds. The second-order valence-corrected chi connectivity index (χ2v) is 6.23. The summed E-state index contributed by atoms with van der Waals surface area (Å²) in [5.41, 5.74) is 1.08. The second kappa shape index (κ2) is 7.92. The third-order valence-electron chi connectivity index (χ3n) is 3.48. The number of carbonyl (C=O) groups is 1. The van der Waals surface area contributed by atoms with Crippen LogP contribution in [0.2, 0.25) is 0 Å². The van der Waals surface area contributed by atoms with Crippen molar-refractivity contribution in [3.8, 4) is 11.5 Å². The van der Waals surface area contributed by atoms with Crippen LogP contribution in [-0.4, -0.2) is 31.4 Å². The first-order valence-corrected chi connectivity index (χ1v) is 8.67. The van der Waals surface area contributed by atoms with Crippen LogP contribution in [-0.2, 0) is 11.2 Å². The molecule has 1 aliphatic heterocycles. The Labute approximate surface area is 144 Å². The highest BCUT2D eigenvalue weighted by Gasteiger charge is 2.12. The van der Waals surface area contributed by atoms with Crippen LogP contribution in [0, 0.1) is 5.21 Å². The first-order valence-electron chi connectivity index (χ1n) is 7.68. The minimum atomic E-state index is -0.0959. The Hall–Kier alpha value is -2.41. The van der Waals surface area contributed by atoms with Gasteiger partial charge in [-0.3, -0.25) is 4.79 Å². The summed E-state index contributed by atoms with van der Waals surface area (Å²) >= 11 is 1.22. The molecule has 0 saturated carbocycles. The molecular weight excluding hydrogens is 328 g/mol. The molecule has 3 rings (SSSR count). The van der Waals surface area contributed by atoms with Gasteiger partial charge < -0.3 is 20.0 Å². The Balaban J connectivity index is 1.43. The molecule has 2 aromatic rings. The van der Waals surface area contributed by atoms with E-state index in [0.717, 1.165) is 21.8 Å². The van der Waals surface area contributed by atoms with E-state index >= 15 is 0 Å². The highest BCUT2D eigenvalue weighted by molar-refractivity contribution is 7.99. The van der Waals surface area contributed by atoms with Crippen LogP contribution in [0.4, 0.5) is 0 Å². The molecule has 0 spiro atoms. The largest absolute Gasteiger partial charge is 0.618 e. The lowest BCUT2D eigenvalue weighted by molar-refractivity contribution is -0.645. The van der Waals surface area contributed by atoms with Crippen molar-refractivity contribution in [2.24, 2.45) is 0 Å². The smallest absolute Gasteiger partial charge is 0.251 e. The number of thioether (sulfide) groups is 1. The second-order valence-electron chi connectivity index (χ2n) is 5.23. The molecule has 0 radical (unpaired) electrons. The van der Waals surface area contributed by atoms with E-state index in [1.54, 1.807) is 18.2 Å². The minimum Gasteiger partial charge on any atom is -0.618 e. The number of rotatable bonds is 6. The van der Waals surface area contributed by atoms with Gasteiger partial charge >= 0.3 is 0 Å². The number of pyridine rings is 1. The maximum Gasteiger partial charge on any atom is 0.251 e. The van der Waals surface area contributed by atoms with E-state index in [1.807, 2.05) is 18.2 Å². The maximum absolute atomic E-state index is 11.9. The minimum absolute atomic E-state index is 0.0959. The van der Waals surface area contributed by atoms with E-state index < -0.39 is 0 Å². The Morgan fingerprint density at radius 1 is 1.21 bits per heavy atom. The summed E-state index contributed by atoms with van der Waals surface area (Å²) in [5, 5.41) is 14.9. The third kappa shape index (κ3) is 4.32. The Kier molecular flexibility index (Phi) is 5.43. The van der Waals surface area contributed by atoms with Gasteiger partial charge in [-0.1, -0.05) is 6.07 Å². The topological polar surface area (TPSA) is 74.5 Å². The van der Waals surface area contributed by atoms with Crippen LogP contribution in [0.15, 0.2) is 47.6 Å². The number of nitrogens with one attached hydrogen (secondary N) is 1. The molecule has 0 unspecified atom stereocenters. The SMILES string of the molecule is O=C(CSc1cccc[n+]1[O-])NCCc1ccc2c(c1)OCCO2. The van der Waals surface area contributed by atoms with Crippen molar-refractivity contribution >= 4 is 17.7 Å². The summed E-state index contributed by atoms with van der Waals surface area (Å²) < 4.78 is 11.8. The monoisotopic (exact) mass is 346 g/mol. The first kappa shape index (κ1) is 16.4. The van der Waals surface area contributed by atoms with Gasteiger partial charge in [-0.2, -0.15) is 4.73 Å². The average molecular weight is 346 g/mol. The van der Waals surface area contributed by atoms with Gasteiger partial charge in [0.05, 0.1) is 5.75 Å². The van der Waals surface area contributed by atoms with Crippen LogP contribution in [0.5, 0.6) is 11.5 Å². The number of hydrogen-bond acceptors (Lipinski definition) is 5. The molecule has 0 atom stereocenters. The van der Waals surface area contributed by atoms with E-state index in [4.69, 9.17) is 9.47 Å². The number of benzene rings is 1. The zero-order valence-corrected chi connectivity index (χ0v) is 13.9. The standard InChI is InChI=1S/C17H18N2O4S/c20-16(12-24-17-3-1-2-8-19(17)21)18-7-6-13-4-5-14-15(11-13)23-10-9-22-14/h1-5,8,11H,6-7,9-10,12H2,(H,18,20). The highest BCUT2D eigenvalue weighted by atomic mass is 32.2. The molecule has 0 saturated heterocycles. The molecule has 7 heteroatoms. The fraction of sp³-hybridized carbons (Fsp3) is 0.294. The molecule has 0 aliphatic carbocycles. The van der Waals surface area contributed by atoms with E-state index in [9.17, 15) is 10.0 Å². The summed E-state index contributed by atoms with van der Waals surface area (Å²) in [6.07, 6.45) is 2.13. The predicted octanol–water partition coefficient (Wildman–Crippen LogP) is 1.54. The summed E-state index contributed by atoms with van der Waals surface area (Å²) in [5.74, 6) is 1.64. The van der Waals surface area contributed by atoms with Crippen molar-refractivity contribution in [3.63, 3.8) is 0 Å². The summed E-state index contributed by atoms with van der Waals surface area (Å²) in [4.78, 5) is 11.9. The Morgan fingerprint density at radius 2 is 2.04 bits per heavy atom. The van der Waals surface area contributed by atoms with Crippen molar-refractivity contribution in [1.29, 1.82) is 0 Å². The van der Waals surface area contributed by atoms with Gasteiger partial charge in [-0.15, -0.1) is 0 Å². The molecule has 1 N–H and O–H groups in total. The van der Waals surface area contributed by atoms with Gasteiger partial charge in [0.15, 0.2) is 17.7 Å². The molecular formula is C17H18N2O4S. The number of aromatic nitrogens is 1. The lowest BCUT2D eigenvalue weighted by Gasteiger charge is -2.18. The molecule has 126 valence electrons. The number of amides is 1. The summed E-state index contributed by atoms with van der Waals surface area (Å²) in [7, 11) is 0. The van der Waals surface area contributed by atoms with E-state index in [2.05, 4.69) is 5.32 Å². The van der Waals surface area contributed by atoms with E-state index in [0.29, 0.717) is 31.2 Å². The van der Waals surface area contributed by atoms with Crippen LogP contribution in [0.1, 0.15) is 5.56 Å². The van der Waals surface area contributed by atoms with Crippen molar-refractivity contribution in [2.45, 2.75) is 11.4 Å². The summed E-state index contributed by atoms with van der Waals surface area (Å²) in [6, 6.07) is 10.9. The molecule has 24 heavy (non-hydrogen) atoms. The van der Waals surface area contributed by atoms with Crippen LogP contribution < -0.4 is 19.5 Å². The zero-order valence-electron chi connectivity index (χ0n) is 13.1. The van der Waals surface area contributed by atoms with Crippen molar-refractivity contribution in [1.82, 2.24) is 5.32 Å². The number of fused-ring (bicyclic) bond motifs is 1. The average Bonchev–Trinajstić information content (AvgIpc) is 2.61. The first-order chi connectivity index (χ1) is 11.7. The maximum atomic E-state index is 11.9. The summed E-state index contributed by atoms with van der Waals surface area (Å²) in [6.45, 7) is 1.67. The van der Waals surface area contributed by atoms with Gasteiger partial charge in [0.25, 0.3) is 5.03 Å². The molecule has 1 aromatic heterocycles. The van der Waals surface area contributed by atoms with Crippen LogP contribution >= 0.6 is 11.8 Å². The van der Waals surface area contributed by atoms with Crippen molar-refractivity contribution < 1.29 is 19.0 Å². The quantitative estimate of drug-likeness (QED) is 0.488. The fourth-order valence-electron chi connectivity index (χ4n) is 2.30. The fourth-order valence-corrected chi connectivity index (χ4v) is 3.05. The van der Waals surface area contributed by atoms with Gasteiger partial charge in [-0.25, -0.2) is 0 Å². The highest BCUT2D eigenvalue weighted by Crippen LogP contribution is 2.30. The lowest BCUT2D eigenvalue weighted by Crippen LogP contribution is -2.30. The van der Waals surface area contributed by atoms with Crippen LogP contribution in [0.3, 0.4) is 0 Å². The molecule has 0 bridgehead atoms. The molecule has 0 fully saturated rings. The molecule has 1 aliphatic rings. The normalized spacial score (nSPS) is 12.7. The number of nitrogens with zero attached hydrogens (tertiary/aromatic N) is 1. The zero-order chi connectivity index (χ0) is 16.8. The van der Waals surface area contributed by atoms with Gasteiger partial charge in [0.1, 0.15) is 13.2 Å². The number of hydrogen-bond donors (Lipinski definition) is 1. The van der Waals surface area contributed by atoms with E-state index in [1.165, 1.54) is 18.0 Å². The van der Waals surface area contributed by atoms with E-state index in [-0.39, 0.29) is 11.7 Å². The Bertz CT molecular complexity index is 723. The third-order valence-corrected chi connectivity index (χ3v) is 4.50. The number of ether oxygens (including phenoxy) is 2. The number of carbonyl (C=O) groups excluding carboxylic acids is 1. The van der Waals surface area contributed by atoms with Crippen molar-refractivity contribution in [2.75, 3.05) is 25.5 Å². The van der Waals surface area contributed by atoms with Gasteiger partial charge in [-0.05, 0) is 41.9 Å². The van der Waals surface area contributed by atoms with Crippen molar-refractivity contribution in [3.05, 3.63) is 53.4 Å². The molecule has 1 aromatic carbocycles. The Morgan fingerprint density at radius 3 is 2.88 bits per heavy atom. The molecule has 2 heterocycles. The lowest BCUT2D eigenvalue weighted by atomic mass is 10.1. The van der Waals surface area contributed by atoms with Gasteiger partial charge in [0.2, 0.25) is 5.91 Å². The molecule has 6 nitrogen and oxygen atoms in total.